The van der Waals surface area contributed by atoms with E-state index in [9.17, 15) is 5.11 Å². The zero-order valence-corrected chi connectivity index (χ0v) is 13.4. The normalized spacial score (nSPS) is 12.5. The fourth-order valence-corrected chi connectivity index (χ4v) is 3.29. The quantitative estimate of drug-likeness (QED) is 0.826. The first-order valence-electron chi connectivity index (χ1n) is 6.59. The second-order valence-corrected chi connectivity index (χ2v) is 6.05. The number of aliphatic hydroxyl groups excluding tert-OH is 1. The van der Waals surface area contributed by atoms with Crippen molar-refractivity contribution in [3.8, 4) is 0 Å². The smallest absolute Gasteiger partial charge is 0.0836 e. The number of aliphatic hydroxyl groups is 1. The van der Waals surface area contributed by atoms with Crippen LogP contribution in [0.2, 0.25) is 10.0 Å². The molecular formula is C17H18Cl2O. The first-order chi connectivity index (χ1) is 9.40. The van der Waals surface area contributed by atoms with Gasteiger partial charge < -0.3 is 5.11 Å². The average Bonchev–Trinajstić information content (AvgIpc) is 2.32. The van der Waals surface area contributed by atoms with Crippen molar-refractivity contribution in [2.24, 2.45) is 0 Å². The van der Waals surface area contributed by atoms with Gasteiger partial charge in [0.05, 0.1) is 6.10 Å². The molecule has 0 aliphatic carbocycles. The minimum atomic E-state index is -0.604. The number of hydrogen-bond acceptors (Lipinski definition) is 1. The Morgan fingerprint density at radius 2 is 1.50 bits per heavy atom. The minimum Gasteiger partial charge on any atom is -0.388 e. The second-order valence-electron chi connectivity index (χ2n) is 5.23. The number of aryl methyl sites for hydroxylation is 3. The van der Waals surface area contributed by atoms with Gasteiger partial charge in [-0.2, -0.15) is 0 Å². The van der Waals surface area contributed by atoms with Gasteiger partial charge in [0.25, 0.3) is 0 Å². The molecule has 1 unspecified atom stereocenters. The Morgan fingerprint density at radius 1 is 1.00 bits per heavy atom. The second kappa shape index (κ2) is 6.17. The Labute approximate surface area is 130 Å². The predicted octanol–water partition coefficient (Wildman–Crippen LogP) is 5.19. The highest BCUT2D eigenvalue weighted by Gasteiger charge is 2.17. The molecule has 0 saturated heterocycles. The first kappa shape index (κ1) is 15.4. The molecule has 2 aromatic rings. The zero-order valence-electron chi connectivity index (χ0n) is 11.9. The van der Waals surface area contributed by atoms with E-state index in [0.29, 0.717) is 16.5 Å². The summed E-state index contributed by atoms with van der Waals surface area (Å²) in [6, 6.07) is 9.57. The molecule has 0 bridgehead atoms. The fourth-order valence-electron chi connectivity index (χ4n) is 2.74. The lowest BCUT2D eigenvalue weighted by Crippen LogP contribution is -2.07. The van der Waals surface area contributed by atoms with Crippen LogP contribution < -0.4 is 0 Å². The van der Waals surface area contributed by atoms with Gasteiger partial charge in [-0.1, -0.05) is 47.0 Å². The van der Waals surface area contributed by atoms with Crippen molar-refractivity contribution in [3.05, 3.63) is 68.2 Å². The highest BCUT2D eigenvalue weighted by atomic mass is 35.5. The lowest BCUT2D eigenvalue weighted by Gasteiger charge is -2.18. The monoisotopic (exact) mass is 308 g/mol. The summed E-state index contributed by atoms with van der Waals surface area (Å²) in [6.07, 6.45) is -0.184. The molecule has 0 spiro atoms. The van der Waals surface area contributed by atoms with Gasteiger partial charge in [-0.05, 0) is 55.2 Å². The fraction of sp³-hybridized carbons (Fsp3) is 0.294. The minimum absolute atomic E-state index is 0.420. The van der Waals surface area contributed by atoms with Crippen molar-refractivity contribution in [3.63, 3.8) is 0 Å². The van der Waals surface area contributed by atoms with Gasteiger partial charge in [-0.15, -0.1) is 0 Å². The summed E-state index contributed by atoms with van der Waals surface area (Å²) in [7, 11) is 0. The highest BCUT2D eigenvalue weighted by Crippen LogP contribution is 2.32. The van der Waals surface area contributed by atoms with Gasteiger partial charge in [-0.3, -0.25) is 0 Å². The third-order valence-corrected chi connectivity index (χ3v) is 4.24. The average molecular weight is 309 g/mol. The van der Waals surface area contributed by atoms with Gasteiger partial charge in [0.2, 0.25) is 0 Å². The van der Waals surface area contributed by atoms with Crippen molar-refractivity contribution in [1.82, 2.24) is 0 Å². The Morgan fingerprint density at radius 3 is 2.00 bits per heavy atom. The van der Waals surface area contributed by atoms with E-state index < -0.39 is 6.10 Å². The molecule has 0 heterocycles. The van der Waals surface area contributed by atoms with Gasteiger partial charge in [0.1, 0.15) is 0 Å². The van der Waals surface area contributed by atoms with E-state index in [2.05, 4.69) is 19.1 Å². The molecule has 0 amide bonds. The summed E-state index contributed by atoms with van der Waals surface area (Å²) in [4.78, 5) is 0. The van der Waals surface area contributed by atoms with Crippen molar-refractivity contribution in [1.29, 1.82) is 0 Å². The molecule has 20 heavy (non-hydrogen) atoms. The number of hydrogen-bond donors (Lipinski definition) is 1. The topological polar surface area (TPSA) is 20.2 Å². The molecule has 106 valence electrons. The van der Waals surface area contributed by atoms with Crippen LogP contribution in [0.4, 0.5) is 0 Å². The van der Waals surface area contributed by atoms with E-state index in [4.69, 9.17) is 23.2 Å². The molecule has 1 atom stereocenters. The van der Waals surface area contributed by atoms with Crippen LogP contribution in [0.25, 0.3) is 0 Å². The molecule has 0 aliphatic heterocycles. The maximum Gasteiger partial charge on any atom is 0.0836 e. The molecule has 3 heteroatoms. The third-order valence-electron chi connectivity index (χ3n) is 3.53. The Kier molecular flexibility index (Phi) is 4.74. The van der Waals surface area contributed by atoms with Crippen LogP contribution in [0.15, 0.2) is 30.3 Å². The summed E-state index contributed by atoms with van der Waals surface area (Å²) >= 11 is 12.3. The Hall–Kier alpha value is -1.02. The Balaban J connectivity index is 2.36. The van der Waals surface area contributed by atoms with Crippen LogP contribution in [-0.4, -0.2) is 5.11 Å². The molecule has 1 nitrogen and oxygen atoms in total. The summed E-state index contributed by atoms with van der Waals surface area (Å²) < 4.78 is 0. The maximum absolute atomic E-state index is 10.6. The highest BCUT2D eigenvalue weighted by molar-refractivity contribution is 6.36. The van der Waals surface area contributed by atoms with E-state index in [-0.39, 0.29) is 0 Å². The molecule has 2 rings (SSSR count). The van der Waals surface area contributed by atoms with Crippen LogP contribution in [-0.2, 0) is 6.42 Å². The number of rotatable bonds is 3. The van der Waals surface area contributed by atoms with Crippen molar-refractivity contribution in [2.75, 3.05) is 0 Å². The standard InChI is InChI=1S/C17H18Cl2O/c1-10-7-11(2)17(12(3)8-10)16(20)9-13-14(18)5-4-6-15(13)19/h4-8,16,20H,9H2,1-3H3. The molecule has 0 aliphatic rings. The summed E-state index contributed by atoms with van der Waals surface area (Å²) in [5.74, 6) is 0. The summed E-state index contributed by atoms with van der Waals surface area (Å²) in [6.45, 7) is 6.10. The van der Waals surface area contributed by atoms with Gasteiger partial charge in [0, 0.05) is 16.5 Å². The van der Waals surface area contributed by atoms with Crippen molar-refractivity contribution >= 4 is 23.2 Å². The summed E-state index contributed by atoms with van der Waals surface area (Å²) in [5.41, 5.74) is 5.15. The van der Waals surface area contributed by atoms with E-state index in [1.165, 1.54) is 5.56 Å². The van der Waals surface area contributed by atoms with Crippen LogP contribution in [0.3, 0.4) is 0 Å². The molecule has 0 fully saturated rings. The van der Waals surface area contributed by atoms with E-state index in [1.54, 1.807) is 12.1 Å². The lowest BCUT2D eigenvalue weighted by atomic mass is 9.92. The third kappa shape index (κ3) is 3.17. The zero-order chi connectivity index (χ0) is 14.9. The Bertz CT molecular complexity index is 592. The van der Waals surface area contributed by atoms with Gasteiger partial charge in [-0.25, -0.2) is 0 Å². The lowest BCUT2D eigenvalue weighted by molar-refractivity contribution is 0.177. The molecule has 2 aromatic carbocycles. The van der Waals surface area contributed by atoms with Crippen LogP contribution in [0.1, 0.15) is 33.9 Å². The van der Waals surface area contributed by atoms with E-state index in [0.717, 1.165) is 22.3 Å². The molecule has 1 N–H and O–H groups in total. The van der Waals surface area contributed by atoms with Crippen LogP contribution in [0, 0.1) is 20.8 Å². The van der Waals surface area contributed by atoms with E-state index in [1.807, 2.05) is 19.9 Å². The van der Waals surface area contributed by atoms with Crippen LogP contribution in [0.5, 0.6) is 0 Å². The van der Waals surface area contributed by atoms with Gasteiger partial charge in [0.15, 0.2) is 0 Å². The first-order valence-corrected chi connectivity index (χ1v) is 7.34. The van der Waals surface area contributed by atoms with Crippen LogP contribution >= 0.6 is 23.2 Å². The van der Waals surface area contributed by atoms with Crippen molar-refractivity contribution < 1.29 is 5.11 Å². The van der Waals surface area contributed by atoms with Crippen molar-refractivity contribution in [2.45, 2.75) is 33.3 Å². The molecular weight excluding hydrogens is 291 g/mol. The van der Waals surface area contributed by atoms with Gasteiger partial charge >= 0.3 is 0 Å². The molecule has 0 radical (unpaired) electrons. The number of benzene rings is 2. The largest absolute Gasteiger partial charge is 0.388 e. The summed E-state index contributed by atoms with van der Waals surface area (Å²) in [5, 5.41) is 11.8. The predicted molar refractivity (Wildman–Crippen MR) is 85.8 cm³/mol. The maximum atomic E-state index is 10.6. The van der Waals surface area contributed by atoms with E-state index >= 15 is 0 Å². The molecule has 0 saturated carbocycles. The number of halogens is 2. The SMILES string of the molecule is Cc1cc(C)c(C(O)Cc2c(Cl)cccc2Cl)c(C)c1. The molecule has 0 aromatic heterocycles.